The van der Waals surface area contributed by atoms with Gasteiger partial charge in [-0.3, -0.25) is 4.79 Å². The molecule has 9 nitrogen and oxygen atoms in total. The Balaban J connectivity index is 1.42. The third-order valence-electron chi connectivity index (χ3n) is 5.24. The van der Waals surface area contributed by atoms with Crippen LogP contribution in [0.1, 0.15) is 24.2 Å². The number of nitrogens with zero attached hydrogens (tertiary/aromatic N) is 5. The summed E-state index contributed by atoms with van der Waals surface area (Å²) in [5, 5.41) is 16.3. The van der Waals surface area contributed by atoms with Crippen LogP contribution in [0, 0.1) is 19.8 Å². The van der Waals surface area contributed by atoms with E-state index >= 15 is 0 Å². The van der Waals surface area contributed by atoms with Gasteiger partial charge in [0.15, 0.2) is 5.82 Å². The smallest absolute Gasteiger partial charge is 0.252 e. The quantitative estimate of drug-likeness (QED) is 0.644. The van der Waals surface area contributed by atoms with Gasteiger partial charge in [-0.15, -0.1) is 16.4 Å². The van der Waals surface area contributed by atoms with E-state index < -0.39 is 10.0 Å². The Morgan fingerprint density at radius 3 is 2.60 bits per heavy atom. The lowest BCUT2D eigenvalue weighted by molar-refractivity contribution is -0.120. The van der Waals surface area contributed by atoms with Crippen LogP contribution in [0.3, 0.4) is 0 Å². The van der Waals surface area contributed by atoms with Gasteiger partial charge >= 0.3 is 0 Å². The van der Waals surface area contributed by atoms with Gasteiger partial charge < -0.3 is 5.32 Å². The Morgan fingerprint density at radius 2 is 1.97 bits per heavy atom. The average Bonchev–Trinajstić information content (AvgIpc) is 3.42. The molecule has 1 amide bonds. The van der Waals surface area contributed by atoms with Crippen molar-refractivity contribution >= 4 is 33.0 Å². The molecule has 2 aromatic heterocycles. The highest BCUT2D eigenvalue weighted by Gasteiger charge is 2.32. The number of rotatable bonds is 5. The molecule has 1 aromatic carbocycles. The monoisotopic (exact) mass is 446 g/mol. The number of benzene rings is 1. The van der Waals surface area contributed by atoms with E-state index in [9.17, 15) is 13.2 Å². The number of piperidine rings is 1. The lowest BCUT2D eigenvalue weighted by Crippen LogP contribution is -2.41. The zero-order valence-corrected chi connectivity index (χ0v) is 18.3. The standard InChI is InChI=1S/C19H22N6O3S2/c1-13-5-6-16(12-17(13)25-14(2)21-22-23-25)20-19(26)15-7-9-24(10-8-15)30(27,28)18-4-3-11-29-18/h3-6,11-12,15H,7-10H2,1-2H3,(H,20,26). The van der Waals surface area contributed by atoms with Crippen LogP contribution in [0.25, 0.3) is 5.69 Å². The van der Waals surface area contributed by atoms with Crippen molar-refractivity contribution in [3.8, 4) is 5.69 Å². The summed E-state index contributed by atoms with van der Waals surface area (Å²) in [5.74, 6) is 0.312. The number of carbonyl (C=O) groups is 1. The first-order valence-electron chi connectivity index (χ1n) is 9.57. The van der Waals surface area contributed by atoms with E-state index in [1.165, 1.54) is 15.6 Å². The van der Waals surface area contributed by atoms with Gasteiger partial charge in [0.25, 0.3) is 10.0 Å². The molecule has 1 aliphatic heterocycles. The number of aromatic nitrogens is 4. The zero-order valence-electron chi connectivity index (χ0n) is 16.6. The summed E-state index contributed by atoms with van der Waals surface area (Å²) in [5.41, 5.74) is 2.44. The second-order valence-electron chi connectivity index (χ2n) is 7.24. The van der Waals surface area contributed by atoms with E-state index in [4.69, 9.17) is 0 Å². The third kappa shape index (κ3) is 4.00. The molecule has 30 heavy (non-hydrogen) atoms. The molecule has 1 N–H and O–H groups in total. The van der Waals surface area contributed by atoms with Gasteiger partial charge in [-0.25, -0.2) is 8.42 Å². The van der Waals surface area contributed by atoms with Crippen LogP contribution in [0.15, 0.2) is 39.9 Å². The first-order valence-corrected chi connectivity index (χ1v) is 11.9. The Hall–Kier alpha value is -2.63. The third-order valence-corrected chi connectivity index (χ3v) is 8.52. The van der Waals surface area contributed by atoms with Gasteiger partial charge in [0.05, 0.1) is 5.69 Å². The van der Waals surface area contributed by atoms with Crippen LogP contribution in [0.4, 0.5) is 5.69 Å². The number of anilines is 1. The molecule has 0 radical (unpaired) electrons. The Morgan fingerprint density at radius 1 is 1.20 bits per heavy atom. The molecule has 158 valence electrons. The molecule has 11 heteroatoms. The summed E-state index contributed by atoms with van der Waals surface area (Å²) in [6.45, 7) is 4.43. The van der Waals surface area contributed by atoms with Crippen LogP contribution in [0.5, 0.6) is 0 Å². The predicted molar refractivity (Wildman–Crippen MR) is 113 cm³/mol. The summed E-state index contributed by atoms with van der Waals surface area (Å²) >= 11 is 1.21. The van der Waals surface area contributed by atoms with Crippen LogP contribution in [-0.2, 0) is 14.8 Å². The Kier molecular flexibility index (Phi) is 5.67. The molecule has 3 aromatic rings. The number of aryl methyl sites for hydroxylation is 2. The minimum Gasteiger partial charge on any atom is -0.326 e. The fourth-order valence-corrected chi connectivity index (χ4v) is 6.12. The number of thiophene rings is 1. The lowest BCUT2D eigenvalue weighted by atomic mass is 9.97. The van der Waals surface area contributed by atoms with Crippen LogP contribution in [0.2, 0.25) is 0 Å². The van der Waals surface area contributed by atoms with E-state index in [1.54, 1.807) is 22.2 Å². The van der Waals surface area contributed by atoms with Crippen molar-refractivity contribution in [1.82, 2.24) is 24.5 Å². The lowest BCUT2D eigenvalue weighted by Gasteiger charge is -2.30. The number of hydrogen-bond acceptors (Lipinski definition) is 7. The van der Waals surface area contributed by atoms with Crippen LogP contribution >= 0.6 is 11.3 Å². The second kappa shape index (κ2) is 8.25. The van der Waals surface area contributed by atoms with Gasteiger partial charge in [0, 0.05) is 24.7 Å². The maximum atomic E-state index is 12.8. The molecule has 3 heterocycles. The Labute approximate surface area is 178 Å². The van der Waals surface area contributed by atoms with Gasteiger partial charge in [-0.1, -0.05) is 12.1 Å². The van der Waals surface area contributed by atoms with Crippen molar-refractivity contribution in [3.05, 3.63) is 47.1 Å². The minimum absolute atomic E-state index is 0.105. The highest BCUT2D eigenvalue weighted by molar-refractivity contribution is 7.91. The van der Waals surface area contributed by atoms with E-state index in [-0.39, 0.29) is 11.8 Å². The number of carbonyl (C=O) groups excluding carboxylic acids is 1. The average molecular weight is 447 g/mol. The molecule has 0 spiro atoms. The van der Waals surface area contributed by atoms with Crippen LogP contribution in [-0.4, -0.2) is 51.9 Å². The van der Waals surface area contributed by atoms with Gasteiger partial charge in [0.1, 0.15) is 4.21 Å². The maximum absolute atomic E-state index is 12.8. The summed E-state index contributed by atoms with van der Waals surface area (Å²) in [4.78, 5) is 12.8. The normalized spacial score (nSPS) is 15.9. The zero-order chi connectivity index (χ0) is 21.3. The fraction of sp³-hybridized carbons (Fsp3) is 0.368. The molecule has 0 unspecified atom stereocenters. The van der Waals surface area contributed by atoms with Gasteiger partial charge in [-0.05, 0) is 66.3 Å². The number of nitrogens with one attached hydrogen (secondary N) is 1. The van der Waals surface area contributed by atoms with Crippen molar-refractivity contribution in [1.29, 1.82) is 0 Å². The van der Waals surface area contributed by atoms with Crippen LogP contribution < -0.4 is 5.32 Å². The molecular formula is C19H22N6O3S2. The maximum Gasteiger partial charge on any atom is 0.252 e. The van der Waals surface area contributed by atoms with Crippen molar-refractivity contribution in [2.45, 2.75) is 30.9 Å². The van der Waals surface area contributed by atoms with Crippen molar-refractivity contribution < 1.29 is 13.2 Å². The van der Waals surface area contributed by atoms with E-state index in [0.29, 0.717) is 41.7 Å². The molecular weight excluding hydrogens is 424 g/mol. The highest BCUT2D eigenvalue weighted by Crippen LogP contribution is 2.27. The molecule has 1 aliphatic rings. The molecule has 1 fully saturated rings. The topological polar surface area (TPSA) is 110 Å². The molecule has 0 aliphatic carbocycles. The molecule has 0 bridgehead atoms. The summed E-state index contributed by atoms with van der Waals surface area (Å²) in [6, 6.07) is 8.92. The number of hydrogen-bond donors (Lipinski definition) is 1. The second-order valence-corrected chi connectivity index (χ2v) is 10.4. The molecule has 1 saturated heterocycles. The summed E-state index contributed by atoms with van der Waals surface area (Å²) < 4.78 is 28.7. The predicted octanol–water partition coefficient (Wildman–Crippen LogP) is 2.38. The minimum atomic E-state index is -3.47. The highest BCUT2D eigenvalue weighted by atomic mass is 32.2. The van der Waals surface area contributed by atoms with E-state index in [1.807, 2.05) is 32.0 Å². The summed E-state index contributed by atoms with van der Waals surface area (Å²) in [6.07, 6.45) is 0.975. The number of amides is 1. The number of sulfonamides is 1. The molecule has 0 saturated carbocycles. The van der Waals surface area contributed by atoms with Crippen molar-refractivity contribution in [2.24, 2.45) is 5.92 Å². The van der Waals surface area contributed by atoms with Gasteiger partial charge in [0.2, 0.25) is 5.91 Å². The van der Waals surface area contributed by atoms with E-state index in [0.717, 1.165) is 11.3 Å². The first-order chi connectivity index (χ1) is 14.4. The summed E-state index contributed by atoms with van der Waals surface area (Å²) in [7, 11) is -3.47. The first kappa shape index (κ1) is 20.6. The van der Waals surface area contributed by atoms with E-state index in [2.05, 4.69) is 20.8 Å². The van der Waals surface area contributed by atoms with Crippen molar-refractivity contribution in [3.63, 3.8) is 0 Å². The molecule has 0 atom stereocenters. The van der Waals surface area contributed by atoms with Gasteiger partial charge in [-0.2, -0.15) is 8.99 Å². The number of tetrazole rings is 1. The fourth-order valence-electron chi connectivity index (χ4n) is 3.51. The SMILES string of the molecule is Cc1ccc(NC(=O)C2CCN(S(=O)(=O)c3cccs3)CC2)cc1-n1nnnc1C. The molecule has 4 rings (SSSR count). The largest absolute Gasteiger partial charge is 0.326 e. The van der Waals surface area contributed by atoms with Crippen molar-refractivity contribution in [2.75, 3.05) is 18.4 Å². The Bertz CT molecular complexity index is 1150.